The Balaban J connectivity index is 1.31. The Morgan fingerprint density at radius 3 is 2.54 bits per heavy atom. The smallest absolute Gasteiger partial charge is 0.271 e. The lowest BCUT2D eigenvalue weighted by Crippen LogP contribution is -2.38. The number of imidazole rings is 1. The number of carbonyl (C=O) groups excluding carboxylic acids is 1. The molecule has 1 N–H and O–H groups in total. The molecule has 126 valence electrons. The van der Waals surface area contributed by atoms with Crippen LogP contribution in [0.25, 0.3) is 0 Å². The van der Waals surface area contributed by atoms with Gasteiger partial charge in [0, 0.05) is 38.6 Å². The van der Waals surface area contributed by atoms with Crippen molar-refractivity contribution in [1.82, 2.24) is 24.8 Å². The van der Waals surface area contributed by atoms with Crippen LogP contribution in [0.2, 0.25) is 0 Å². The van der Waals surface area contributed by atoms with Gasteiger partial charge in [0.1, 0.15) is 5.69 Å². The molecule has 2 aliphatic heterocycles. The van der Waals surface area contributed by atoms with Crippen molar-refractivity contribution in [2.24, 2.45) is 11.8 Å². The van der Waals surface area contributed by atoms with E-state index in [9.17, 15) is 4.79 Å². The van der Waals surface area contributed by atoms with Crippen LogP contribution in [0.15, 0.2) is 31.0 Å². The summed E-state index contributed by atoms with van der Waals surface area (Å²) in [5.74, 6) is 2.20. The number of piperidine rings is 1. The third-order valence-corrected chi connectivity index (χ3v) is 5.28. The summed E-state index contributed by atoms with van der Waals surface area (Å²) in [6.07, 6.45) is 10.2. The normalized spacial score (nSPS) is 22.1. The van der Waals surface area contributed by atoms with Crippen molar-refractivity contribution >= 4 is 11.9 Å². The molecule has 0 saturated carbocycles. The fourth-order valence-corrected chi connectivity index (χ4v) is 3.93. The topological polar surface area (TPSA) is 78.0 Å². The monoisotopic (exact) mass is 326 g/mol. The molecule has 2 aromatic rings. The Bertz CT molecular complexity index is 666. The molecule has 0 aromatic carbocycles. The number of hydrogen-bond acceptors (Lipinski definition) is 5. The first-order chi connectivity index (χ1) is 11.8. The van der Waals surface area contributed by atoms with E-state index in [-0.39, 0.29) is 5.91 Å². The maximum Gasteiger partial charge on any atom is 0.271 e. The highest BCUT2D eigenvalue weighted by molar-refractivity contribution is 5.92. The Morgan fingerprint density at radius 1 is 1.08 bits per heavy atom. The van der Waals surface area contributed by atoms with Gasteiger partial charge >= 0.3 is 0 Å². The fourth-order valence-electron chi connectivity index (χ4n) is 3.93. The minimum absolute atomic E-state index is 0.0742. The number of H-pyrrole nitrogens is 1. The number of aromatic nitrogens is 4. The zero-order valence-corrected chi connectivity index (χ0v) is 13.6. The predicted octanol–water partition coefficient (Wildman–Crippen LogP) is 1.58. The number of nitrogens with one attached hydrogen (secondary N) is 1. The third-order valence-electron chi connectivity index (χ3n) is 5.28. The van der Waals surface area contributed by atoms with E-state index in [1.165, 1.54) is 0 Å². The second kappa shape index (κ2) is 6.59. The summed E-state index contributed by atoms with van der Waals surface area (Å²) in [6, 6.07) is 1.85. The molecule has 0 radical (unpaired) electrons. The van der Waals surface area contributed by atoms with Crippen LogP contribution in [0.5, 0.6) is 0 Å². The van der Waals surface area contributed by atoms with Crippen LogP contribution in [0, 0.1) is 11.8 Å². The van der Waals surface area contributed by atoms with Crippen LogP contribution in [0.3, 0.4) is 0 Å². The van der Waals surface area contributed by atoms with Crippen LogP contribution in [0.4, 0.5) is 5.95 Å². The summed E-state index contributed by atoms with van der Waals surface area (Å²) < 4.78 is 0. The molecule has 7 heteroatoms. The third kappa shape index (κ3) is 2.98. The number of nitrogens with zero attached hydrogens (tertiary/aromatic N) is 5. The largest absolute Gasteiger partial charge is 0.341 e. The molecule has 0 bridgehead atoms. The molecule has 24 heavy (non-hydrogen) atoms. The lowest BCUT2D eigenvalue weighted by molar-refractivity contribution is 0.0775. The molecular formula is C17H22N6O. The number of carbonyl (C=O) groups is 1. The first-order valence-electron chi connectivity index (χ1n) is 8.61. The van der Waals surface area contributed by atoms with E-state index < -0.39 is 0 Å². The Hall–Kier alpha value is -2.44. The van der Waals surface area contributed by atoms with Crippen LogP contribution in [0.1, 0.15) is 29.8 Å². The van der Waals surface area contributed by atoms with E-state index in [0.717, 1.165) is 51.4 Å². The highest BCUT2D eigenvalue weighted by Gasteiger charge is 2.34. The minimum atomic E-state index is 0.0742. The number of anilines is 1. The van der Waals surface area contributed by atoms with Crippen LogP contribution in [-0.2, 0) is 0 Å². The molecule has 1 atom stereocenters. The van der Waals surface area contributed by atoms with Gasteiger partial charge in [0.25, 0.3) is 5.91 Å². The van der Waals surface area contributed by atoms with Crippen LogP contribution >= 0.6 is 0 Å². The van der Waals surface area contributed by atoms with E-state index in [4.69, 9.17) is 0 Å². The zero-order valence-electron chi connectivity index (χ0n) is 13.6. The summed E-state index contributed by atoms with van der Waals surface area (Å²) in [5.41, 5.74) is 0.590. The fraction of sp³-hybridized carbons (Fsp3) is 0.529. The van der Waals surface area contributed by atoms with E-state index in [2.05, 4.69) is 24.8 Å². The van der Waals surface area contributed by atoms with E-state index in [0.29, 0.717) is 17.5 Å². The van der Waals surface area contributed by atoms with Crippen molar-refractivity contribution in [3.05, 3.63) is 36.7 Å². The van der Waals surface area contributed by atoms with E-state index in [1.807, 2.05) is 11.0 Å². The molecule has 1 amide bonds. The molecule has 2 aromatic heterocycles. The minimum Gasteiger partial charge on any atom is -0.341 e. The lowest BCUT2D eigenvalue weighted by atomic mass is 9.84. The molecule has 2 fully saturated rings. The highest BCUT2D eigenvalue weighted by Crippen LogP contribution is 2.33. The second-order valence-electron chi connectivity index (χ2n) is 6.64. The van der Waals surface area contributed by atoms with Gasteiger partial charge in [-0.3, -0.25) is 4.79 Å². The summed E-state index contributed by atoms with van der Waals surface area (Å²) in [7, 11) is 0. The SMILES string of the molecule is O=C(c1cnc[nH]1)N1CC[C@@H](C2CCN(c3ncccn3)CC2)C1. The number of rotatable bonds is 3. The molecule has 2 aliphatic rings. The molecule has 0 unspecified atom stereocenters. The summed E-state index contributed by atoms with van der Waals surface area (Å²) in [6.45, 7) is 3.72. The van der Waals surface area contributed by atoms with Gasteiger partial charge in [-0.05, 0) is 37.2 Å². The van der Waals surface area contributed by atoms with Gasteiger partial charge in [-0.25, -0.2) is 15.0 Å². The van der Waals surface area contributed by atoms with Crippen molar-refractivity contribution in [1.29, 1.82) is 0 Å². The number of amides is 1. The summed E-state index contributed by atoms with van der Waals surface area (Å²) in [4.78, 5) is 32.2. The average molecular weight is 326 g/mol. The molecule has 7 nitrogen and oxygen atoms in total. The van der Waals surface area contributed by atoms with Crippen LogP contribution in [-0.4, -0.2) is 56.9 Å². The molecule has 4 heterocycles. The zero-order chi connectivity index (χ0) is 16.4. The number of hydrogen-bond donors (Lipinski definition) is 1. The van der Waals surface area contributed by atoms with Gasteiger partial charge in [-0.1, -0.05) is 0 Å². The van der Waals surface area contributed by atoms with E-state index >= 15 is 0 Å². The Labute approximate surface area is 141 Å². The average Bonchev–Trinajstić information content (AvgIpc) is 3.34. The number of likely N-dealkylation sites (tertiary alicyclic amines) is 1. The van der Waals surface area contributed by atoms with Crippen molar-refractivity contribution in [2.45, 2.75) is 19.3 Å². The molecule has 0 aliphatic carbocycles. The van der Waals surface area contributed by atoms with Gasteiger partial charge in [0.15, 0.2) is 0 Å². The standard InChI is InChI=1S/C17H22N6O/c24-16(15-10-18-12-21-15)23-9-4-14(11-23)13-2-7-22(8-3-13)17-19-5-1-6-20-17/h1,5-6,10,12-14H,2-4,7-9,11H2,(H,18,21)/t14-/m1/s1. The van der Waals surface area contributed by atoms with Crippen molar-refractivity contribution in [3.8, 4) is 0 Å². The van der Waals surface area contributed by atoms with Gasteiger partial charge in [-0.2, -0.15) is 0 Å². The quantitative estimate of drug-likeness (QED) is 0.926. The van der Waals surface area contributed by atoms with Gasteiger partial charge < -0.3 is 14.8 Å². The maximum atomic E-state index is 12.4. The summed E-state index contributed by atoms with van der Waals surface area (Å²) in [5, 5.41) is 0. The van der Waals surface area contributed by atoms with Crippen molar-refractivity contribution < 1.29 is 4.79 Å². The van der Waals surface area contributed by atoms with Gasteiger partial charge in [0.05, 0.1) is 12.5 Å². The first kappa shape index (κ1) is 15.1. The van der Waals surface area contributed by atoms with Gasteiger partial charge in [0.2, 0.25) is 5.95 Å². The lowest BCUT2D eigenvalue weighted by Gasteiger charge is -2.34. The molecule has 2 saturated heterocycles. The highest BCUT2D eigenvalue weighted by atomic mass is 16.2. The Kier molecular flexibility index (Phi) is 4.15. The van der Waals surface area contributed by atoms with Crippen molar-refractivity contribution in [3.63, 3.8) is 0 Å². The van der Waals surface area contributed by atoms with Crippen molar-refractivity contribution in [2.75, 3.05) is 31.1 Å². The Morgan fingerprint density at radius 2 is 1.83 bits per heavy atom. The first-order valence-corrected chi connectivity index (χ1v) is 8.61. The predicted molar refractivity (Wildman–Crippen MR) is 89.6 cm³/mol. The van der Waals surface area contributed by atoms with E-state index in [1.54, 1.807) is 24.9 Å². The molecule has 4 rings (SSSR count). The second-order valence-corrected chi connectivity index (χ2v) is 6.64. The molecular weight excluding hydrogens is 304 g/mol. The van der Waals surface area contributed by atoms with Gasteiger partial charge in [-0.15, -0.1) is 0 Å². The summed E-state index contributed by atoms with van der Waals surface area (Å²) >= 11 is 0. The number of aromatic amines is 1. The maximum absolute atomic E-state index is 12.4. The van der Waals surface area contributed by atoms with Crippen LogP contribution < -0.4 is 4.90 Å². The molecule has 0 spiro atoms.